The van der Waals surface area contributed by atoms with E-state index in [1.54, 1.807) is 12.1 Å². The van der Waals surface area contributed by atoms with Gasteiger partial charge in [-0.25, -0.2) is 4.79 Å². The van der Waals surface area contributed by atoms with E-state index in [0.717, 1.165) is 11.8 Å². The van der Waals surface area contributed by atoms with Crippen LogP contribution < -0.4 is 9.47 Å². The van der Waals surface area contributed by atoms with Crippen LogP contribution in [-0.4, -0.2) is 35.0 Å². The molecule has 1 N–H and O–H groups in total. The van der Waals surface area contributed by atoms with E-state index >= 15 is 0 Å². The van der Waals surface area contributed by atoms with Gasteiger partial charge in [0.1, 0.15) is 4.91 Å². The summed E-state index contributed by atoms with van der Waals surface area (Å²) in [6, 6.07) is 3.46. The van der Waals surface area contributed by atoms with Crippen LogP contribution in [0.2, 0.25) is 0 Å². The number of ether oxygens (including phenoxy) is 2. The van der Waals surface area contributed by atoms with E-state index in [2.05, 4.69) is 26.1 Å². The summed E-state index contributed by atoms with van der Waals surface area (Å²) >= 11 is 4.30. The van der Waals surface area contributed by atoms with Crippen LogP contribution in [-0.2, 0) is 11.2 Å². The van der Waals surface area contributed by atoms with Gasteiger partial charge in [-0.05, 0) is 58.4 Å². The first-order valence-electron chi connectivity index (χ1n) is 7.44. The van der Waals surface area contributed by atoms with E-state index < -0.39 is 5.97 Å². The molecule has 0 saturated heterocycles. The van der Waals surface area contributed by atoms with Crippen LogP contribution >= 0.6 is 27.7 Å². The van der Waals surface area contributed by atoms with Crippen molar-refractivity contribution in [1.29, 1.82) is 0 Å². The maximum absolute atomic E-state index is 11.6. The molecular formula is C16H17BrN2O5S. The third-order valence-corrected chi connectivity index (χ3v) is 4.43. The van der Waals surface area contributed by atoms with E-state index in [0.29, 0.717) is 40.5 Å². The fourth-order valence-corrected chi connectivity index (χ4v) is 3.25. The average Bonchev–Trinajstić information content (AvgIpc) is 3.02. The third kappa shape index (κ3) is 4.99. The second-order valence-electron chi connectivity index (χ2n) is 4.70. The largest absolute Gasteiger partial charge is 0.492 e. The summed E-state index contributed by atoms with van der Waals surface area (Å²) < 4.78 is 16.9. The summed E-state index contributed by atoms with van der Waals surface area (Å²) in [5, 5.41) is 17.3. The monoisotopic (exact) mass is 428 g/mol. The van der Waals surface area contributed by atoms with E-state index in [-0.39, 0.29) is 10.1 Å². The summed E-state index contributed by atoms with van der Waals surface area (Å²) in [6.45, 7) is 4.19. The minimum atomic E-state index is -1.09. The summed E-state index contributed by atoms with van der Waals surface area (Å²) in [4.78, 5) is 11.6. The van der Waals surface area contributed by atoms with Crippen LogP contribution in [0.15, 0.2) is 31.2 Å². The number of methoxy groups -OCH3 is 1. The summed E-state index contributed by atoms with van der Waals surface area (Å²) in [5.74, 6) is 0.434. The van der Waals surface area contributed by atoms with Gasteiger partial charge in [0, 0.05) is 6.42 Å². The number of carboxylic acids is 1. The van der Waals surface area contributed by atoms with Crippen LogP contribution in [0, 0.1) is 0 Å². The van der Waals surface area contributed by atoms with E-state index in [1.165, 1.54) is 13.2 Å². The molecule has 25 heavy (non-hydrogen) atoms. The Morgan fingerprint density at radius 1 is 1.40 bits per heavy atom. The fourth-order valence-electron chi connectivity index (χ4n) is 1.93. The van der Waals surface area contributed by atoms with Gasteiger partial charge in [0.25, 0.3) is 5.22 Å². The topological polar surface area (TPSA) is 94.7 Å². The number of carboxylic acid groups (broad SMARTS) is 1. The zero-order chi connectivity index (χ0) is 18.4. The van der Waals surface area contributed by atoms with Gasteiger partial charge in [0.15, 0.2) is 11.5 Å². The molecule has 2 rings (SSSR count). The Morgan fingerprint density at radius 2 is 2.16 bits per heavy atom. The fraction of sp³-hybridized carbons (Fsp3) is 0.312. The highest BCUT2D eigenvalue weighted by Crippen LogP contribution is 2.38. The molecule has 134 valence electrons. The molecule has 0 unspecified atom stereocenters. The molecule has 0 atom stereocenters. The molecule has 1 aromatic heterocycles. The van der Waals surface area contributed by atoms with Gasteiger partial charge in [-0.15, -0.1) is 10.2 Å². The molecule has 2 aromatic rings. The minimum Gasteiger partial charge on any atom is -0.492 e. The van der Waals surface area contributed by atoms with Crippen molar-refractivity contribution < 1.29 is 23.8 Å². The highest BCUT2D eigenvalue weighted by Gasteiger charge is 2.16. The predicted octanol–water partition coefficient (Wildman–Crippen LogP) is 4.02. The zero-order valence-corrected chi connectivity index (χ0v) is 16.3. The van der Waals surface area contributed by atoms with Crippen LogP contribution in [0.25, 0.3) is 6.08 Å². The molecular weight excluding hydrogens is 412 g/mol. The normalized spacial score (nSPS) is 11.4. The van der Waals surface area contributed by atoms with Gasteiger partial charge in [-0.1, -0.05) is 6.92 Å². The molecule has 1 aromatic carbocycles. The number of benzene rings is 1. The van der Waals surface area contributed by atoms with Gasteiger partial charge >= 0.3 is 5.97 Å². The molecule has 0 fully saturated rings. The number of halogens is 1. The maximum atomic E-state index is 11.6. The zero-order valence-electron chi connectivity index (χ0n) is 13.9. The van der Waals surface area contributed by atoms with Crippen molar-refractivity contribution >= 4 is 39.7 Å². The molecule has 0 amide bonds. The maximum Gasteiger partial charge on any atom is 0.342 e. The van der Waals surface area contributed by atoms with E-state index in [1.807, 2.05) is 13.8 Å². The summed E-state index contributed by atoms with van der Waals surface area (Å²) in [6.07, 6.45) is 2.10. The lowest BCUT2D eigenvalue weighted by Gasteiger charge is -2.12. The van der Waals surface area contributed by atoms with Gasteiger partial charge in [0.2, 0.25) is 5.89 Å². The number of hydrogen-bond donors (Lipinski definition) is 1. The Morgan fingerprint density at radius 3 is 2.72 bits per heavy atom. The second-order valence-corrected chi connectivity index (χ2v) is 6.55. The molecule has 7 nitrogen and oxygen atoms in total. The first-order valence-corrected chi connectivity index (χ1v) is 9.04. The number of aromatic nitrogens is 2. The highest BCUT2D eigenvalue weighted by molar-refractivity contribution is 9.10. The van der Waals surface area contributed by atoms with Crippen molar-refractivity contribution in [1.82, 2.24) is 10.2 Å². The molecule has 0 aliphatic rings. The van der Waals surface area contributed by atoms with E-state index in [4.69, 9.17) is 13.9 Å². The number of carbonyl (C=O) groups is 1. The third-order valence-electron chi connectivity index (χ3n) is 2.99. The first kappa shape index (κ1) is 19.3. The van der Waals surface area contributed by atoms with Crippen molar-refractivity contribution in [2.75, 3.05) is 13.7 Å². The second kappa shape index (κ2) is 8.91. The van der Waals surface area contributed by atoms with Crippen LogP contribution in [0.1, 0.15) is 25.3 Å². The van der Waals surface area contributed by atoms with Crippen LogP contribution in [0.4, 0.5) is 0 Å². The van der Waals surface area contributed by atoms with Gasteiger partial charge in [0.05, 0.1) is 18.2 Å². The van der Waals surface area contributed by atoms with Crippen molar-refractivity contribution in [2.45, 2.75) is 25.5 Å². The Balaban J connectivity index is 2.37. The summed E-state index contributed by atoms with van der Waals surface area (Å²) in [7, 11) is 1.54. The van der Waals surface area contributed by atoms with Crippen LogP contribution in [0.3, 0.4) is 0 Å². The minimum absolute atomic E-state index is 0.0471. The first-order chi connectivity index (χ1) is 12.0. The summed E-state index contributed by atoms with van der Waals surface area (Å²) in [5.41, 5.74) is 0.635. The van der Waals surface area contributed by atoms with Gasteiger partial charge < -0.3 is 19.0 Å². The Hall–Kier alpha value is -2.00. The molecule has 0 spiro atoms. The molecule has 0 aliphatic heterocycles. The molecule has 9 heteroatoms. The SMILES string of the molecule is CCOc1cc(/C=C(\Sc2nnc(CC)o2)C(=O)O)cc(Br)c1OC. The lowest BCUT2D eigenvalue weighted by molar-refractivity contribution is -0.131. The number of nitrogens with zero attached hydrogens (tertiary/aromatic N) is 2. The molecule has 1 heterocycles. The molecule has 0 radical (unpaired) electrons. The molecule has 0 bridgehead atoms. The van der Waals surface area contributed by atoms with Gasteiger partial charge in [-0.2, -0.15) is 0 Å². The van der Waals surface area contributed by atoms with Crippen molar-refractivity contribution in [3.8, 4) is 11.5 Å². The Bertz CT molecular complexity index is 791. The Labute approximate surface area is 157 Å². The van der Waals surface area contributed by atoms with Crippen molar-refractivity contribution in [3.05, 3.63) is 33.0 Å². The number of aliphatic carboxylic acids is 1. The quantitative estimate of drug-likeness (QED) is 0.497. The van der Waals surface area contributed by atoms with Gasteiger partial charge in [-0.3, -0.25) is 0 Å². The van der Waals surface area contributed by atoms with Crippen LogP contribution in [0.5, 0.6) is 11.5 Å². The predicted molar refractivity (Wildman–Crippen MR) is 97.0 cm³/mol. The highest BCUT2D eigenvalue weighted by atomic mass is 79.9. The average molecular weight is 429 g/mol. The van der Waals surface area contributed by atoms with E-state index in [9.17, 15) is 9.90 Å². The lowest BCUT2D eigenvalue weighted by atomic mass is 10.2. The molecule has 0 saturated carbocycles. The lowest BCUT2D eigenvalue weighted by Crippen LogP contribution is -1.99. The number of hydrogen-bond acceptors (Lipinski definition) is 7. The number of rotatable bonds is 8. The standard InChI is InChI=1S/C16H17BrN2O5S/c1-4-13-18-19-16(24-13)25-12(15(20)21)8-9-6-10(17)14(22-3)11(7-9)23-5-2/h6-8H,4-5H2,1-3H3,(H,20,21)/b12-8-. The number of thioether (sulfide) groups is 1. The smallest absolute Gasteiger partial charge is 0.342 e. The number of aryl methyl sites for hydroxylation is 1. The van der Waals surface area contributed by atoms with Crippen molar-refractivity contribution in [2.24, 2.45) is 0 Å². The Kier molecular flexibility index (Phi) is 6.89. The van der Waals surface area contributed by atoms with Crippen molar-refractivity contribution in [3.63, 3.8) is 0 Å². The molecule has 0 aliphatic carbocycles.